The number of carbonyl (C=O) groups excluding carboxylic acids is 1. The van der Waals surface area contributed by atoms with Gasteiger partial charge in [-0.15, -0.1) is 0 Å². The summed E-state index contributed by atoms with van der Waals surface area (Å²) in [6.07, 6.45) is 7.35. The first-order valence-corrected chi connectivity index (χ1v) is 18.1. The Morgan fingerprint density at radius 1 is 0.978 bits per heavy atom. The smallest absolute Gasteiger partial charge is 0.321 e. The average molecular weight is 653 g/mol. The Balaban J connectivity index is 1.26. The van der Waals surface area contributed by atoms with Crippen molar-refractivity contribution in [2.75, 3.05) is 24.2 Å². The zero-order valence-electron chi connectivity index (χ0n) is 27.4. The van der Waals surface area contributed by atoms with Crippen LogP contribution >= 0.6 is 0 Å². The summed E-state index contributed by atoms with van der Waals surface area (Å²) in [5.74, 6) is 0.578. The van der Waals surface area contributed by atoms with Gasteiger partial charge in [-0.25, -0.2) is 17.6 Å². The molecule has 2 aromatic carbocycles. The molecule has 4 fully saturated rings. The highest BCUT2D eigenvalue weighted by molar-refractivity contribution is 7.92. The zero-order chi connectivity index (χ0) is 33.2. The third-order valence-electron chi connectivity index (χ3n) is 10.8. The third-order valence-corrected chi connectivity index (χ3v) is 12.9. The van der Waals surface area contributed by atoms with Crippen LogP contribution in [0.25, 0.3) is 11.1 Å². The molecule has 4 saturated carbocycles. The number of aliphatic hydroxyl groups is 1. The van der Waals surface area contributed by atoms with Crippen molar-refractivity contribution in [3.8, 4) is 11.1 Å². The third kappa shape index (κ3) is 6.20. The van der Waals surface area contributed by atoms with E-state index in [1.54, 1.807) is 18.7 Å². The number of nitrogens with one attached hydrogen (secondary N) is 1. The van der Waals surface area contributed by atoms with E-state index in [4.69, 9.17) is 4.52 Å². The Morgan fingerprint density at radius 2 is 1.61 bits per heavy atom. The van der Waals surface area contributed by atoms with E-state index in [1.807, 2.05) is 48.5 Å². The first kappa shape index (κ1) is 32.6. The minimum Gasteiger partial charge on any atom is -0.386 e. The van der Waals surface area contributed by atoms with E-state index in [0.29, 0.717) is 25.2 Å². The van der Waals surface area contributed by atoms with E-state index >= 15 is 0 Å². The summed E-state index contributed by atoms with van der Waals surface area (Å²) in [4.78, 5) is 20.3. The maximum absolute atomic E-state index is 14.5. The lowest BCUT2D eigenvalue weighted by atomic mass is 9.53. The van der Waals surface area contributed by atoms with Crippen molar-refractivity contribution in [1.29, 1.82) is 0 Å². The minimum atomic E-state index is -3.31. The van der Waals surface area contributed by atoms with Crippen molar-refractivity contribution in [2.45, 2.75) is 100 Å². The highest BCUT2D eigenvalue weighted by Crippen LogP contribution is 2.57. The number of aromatic nitrogens is 2. The van der Waals surface area contributed by atoms with Gasteiger partial charge in [0.2, 0.25) is 0 Å². The molecule has 0 spiro atoms. The highest BCUT2D eigenvalue weighted by atomic mass is 32.2. The number of hydrogen-bond donors (Lipinski definition) is 2. The van der Waals surface area contributed by atoms with Gasteiger partial charge in [-0.05, 0) is 113 Å². The normalized spacial score (nSPS) is 24.1. The lowest BCUT2D eigenvalue weighted by molar-refractivity contribution is 0.0407. The molecule has 0 radical (unpaired) electrons. The molecule has 4 aliphatic carbocycles. The van der Waals surface area contributed by atoms with E-state index in [9.17, 15) is 22.7 Å². The summed E-state index contributed by atoms with van der Waals surface area (Å²) in [6.45, 7) is 6.89. The number of carbonyl (C=O) groups is 1. The molecule has 3 aromatic rings. The van der Waals surface area contributed by atoms with Crippen molar-refractivity contribution in [2.24, 2.45) is 5.41 Å². The summed E-state index contributed by atoms with van der Waals surface area (Å²) in [5.41, 5.74) is 0.379. The van der Waals surface area contributed by atoms with E-state index in [-0.39, 0.29) is 29.3 Å². The molecule has 2 amide bonds. The van der Waals surface area contributed by atoms with Crippen molar-refractivity contribution in [3.05, 3.63) is 65.8 Å². The molecule has 248 valence electrons. The van der Waals surface area contributed by atoms with Crippen LogP contribution in [0.5, 0.6) is 0 Å². The Morgan fingerprint density at radius 3 is 2.13 bits per heavy atom. The number of sulfone groups is 1. The molecule has 11 heteroatoms. The van der Waals surface area contributed by atoms with E-state index in [2.05, 4.69) is 15.5 Å². The minimum absolute atomic E-state index is 0.000691. The van der Waals surface area contributed by atoms with E-state index in [1.165, 1.54) is 20.1 Å². The van der Waals surface area contributed by atoms with Gasteiger partial charge in [0.25, 0.3) is 5.89 Å². The van der Waals surface area contributed by atoms with Crippen LogP contribution in [0, 0.1) is 5.41 Å². The first-order chi connectivity index (χ1) is 21.4. The quantitative estimate of drug-likeness (QED) is 0.254. The number of fused-ring (bicyclic) bond motifs is 3. The van der Waals surface area contributed by atoms with Crippen LogP contribution in [0.3, 0.4) is 0 Å². The zero-order valence-corrected chi connectivity index (χ0v) is 28.2. The number of nitrogens with zero attached hydrogens (tertiary/aromatic N) is 3. The van der Waals surface area contributed by atoms with Gasteiger partial charge in [-0.2, -0.15) is 4.98 Å². The molecule has 0 aliphatic heterocycles. The fourth-order valence-corrected chi connectivity index (χ4v) is 8.38. The Hall–Kier alpha value is -3.31. The topological polar surface area (TPSA) is 126 Å². The van der Waals surface area contributed by atoms with Crippen molar-refractivity contribution in [1.82, 2.24) is 15.5 Å². The van der Waals surface area contributed by atoms with Gasteiger partial charge in [0.15, 0.2) is 21.3 Å². The molecular weight excluding hydrogens is 607 g/mol. The average Bonchev–Trinajstić information content (AvgIpc) is 3.65. The summed E-state index contributed by atoms with van der Waals surface area (Å²) in [7, 11) is -3.31. The maximum atomic E-state index is 14.5. The van der Waals surface area contributed by atoms with Crippen molar-refractivity contribution >= 4 is 21.6 Å². The molecule has 4 aliphatic rings. The molecule has 1 heterocycles. The van der Waals surface area contributed by atoms with Gasteiger partial charge < -0.3 is 14.9 Å². The van der Waals surface area contributed by atoms with Crippen molar-refractivity contribution < 1.29 is 27.2 Å². The first-order valence-electron chi connectivity index (χ1n) is 16.2. The van der Waals surface area contributed by atoms with Gasteiger partial charge in [0.05, 0.1) is 10.3 Å². The Bertz CT molecular complexity index is 1690. The molecule has 0 atom stereocenters. The predicted molar refractivity (Wildman–Crippen MR) is 175 cm³/mol. The number of halogens is 1. The number of alkyl halides is 1. The van der Waals surface area contributed by atoms with Crippen LogP contribution in [0.4, 0.5) is 14.9 Å². The molecule has 46 heavy (non-hydrogen) atoms. The molecule has 0 saturated heterocycles. The van der Waals surface area contributed by atoms with Crippen LogP contribution in [0.15, 0.2) is 53.1 Å². The number of urea groups is 1. The standard InChI is InChI=1S/C35H45FN4O5S/c1-31(2,36)29-38-28(39-45-29)34-16-13-33(14-17-34,15-18-34)23-40(30(41)37-22-35(19-20-35)46(5,43)44)27-8-6-7-25(21-27)24-9-11-26(12-10-24)32(3,4)42/h6-12,21,42H,13-20,22-23H2,1-5H3,(H,37,41). The summed E-state index contributed by atoms with van der Waals surface area (Å²) < 4.78 is 43.8. The maximum Gasteiger partial charge on any atom is 0.321 e. The lowest BCUT2D eigenvalue weighted by Gasteiger charge is -2.53. The highest BCUT2D eigenvalue weighted by Gasteiger charge is 2.54. The molecule has 0 unspecified atom stereocenters. The molecule has 7 rings (SSSR count). The molecule has 1 aromatic heterocycles. The van der Waals surface area contributed by atoms with Gasteiger partial charge in [-0.3, -0.25) is 4.90 Å². The SMILES string of the molecule is CC(C)(O)c1ccc(-c2cccc(N(CC34CCC(c5noc(C(C)(C)F)n5)(CC3)CC4)C(=O)NCC3(S(C)(=O)=O)CC3)c2)cc1. The number of anilines is 1. The summed E-state index contributed by atoms with van der Waals surface area (Å²) in [6, 6.07) is 15.3. The fraction of sp³-hybridized carbons (Fsp3) is 0.571. The number of hydrogen-bond acceptors (Lipinski definition) is 7. The van der Waals surface area contributed by atoms with Gasteiger partial charge in [-0.1, -0.05) is 41.6 Å². The number of benzene rings is 2. The second-order valence-corrected chi connectivity index (χ2v) is 17.5. The van der Waals surface area contributed by atoms with Crippen LogP contribution in [-0.4, -0.2) is 53.8 Å². The fourth-order valence-electron chi connectivity index (χ4n) is 7.21. The second-order valence-electron chi connectivity index (χ2n) is 15.1. The van der Waals surface area contributed by atoms with Crippen molar-refractivity contribution in [3.63, 3.8) is 0 Å². The van der Waals surface area contributed by atoms with Crippen LogP contribution in [0.1, 0.15) is 96.3 Å². The molecular formula is C35H45FN4O5S. The van der Waals surface area contributed by atoms with Gasteiger partial charge in [0.1, 0.15) is 0 Å². The molecule has 9 nitrogen and oxygen atoms in total. The van der Waals surface area contributed by atoms with E-state index < -0.39 is 25.9 Å². The summed E-state index contributed by atoms with van der Waals surface area (Å²) in [5, 5.41) is 17.6. The molecule has 2 N–H and O–H groups in total. The number of amides is 2. The van der Waals surface area contributed by atoms with Gasteiger partial charge >= 0.3 is 6.03 Å². The summed E-state index contributed by atoms with van der Waals surface area (Å²) >= 11 is 0. The largest absolute Gasteiger partial charge is 0.386 e. The predicted octanol–water partition coefficient (Wildman–Crippen LogP) is 6.55. The van der Waals surface area contributed by atoms with Crippen LogP contribution in [0.2, 0.25) is 0 Å². The molecule has 2 bridgehead atoms. The van der Waals surface area contributed by atoms with E-state index in [0.717, 1.165) is 60.9 Å². The van der Waals surface area contributed by atoms with Crippen LogP contribution in [-0.2, 0) is 26.5 Å². The monoisotopic (exact) mass is 652 g/mol. The lowest BCUT2D eigenvalue weighted by Crippen LogP contribution is -2.53. The van der Waals surface area contributed by atoms with Crippen LogP contribution < -0.4 is 10.2 Å². The Labute approximate surface area is 270 Å². The number of rotatable bonds is 10. The second kappa shape index (κ2) is 11.1. The Kier molecular flexibility index (Phi) is 7.91. The van der Waals surface area contributed by atoms with Gasteiger partial charge in [0, 0.05) is 30.4 Å².